The van der Waals surface area contributed by atoms with Crippen LogP contribution < -0.4 is 0 Å². The first-order chi connectivity index (χ1) is 28.3. The van der Waals surface area contributed by atoms with E-state index in [4.69, 9.17) is 9.97 Å². The summed E-state index contributed by atoms with van der Waals surface area (Å²) in [6.45, 7) is 0. The van der Waals surface area contributed by atoms with Gasteiger partial charge in [-0.05, 0) is 70.1 Å². The lowest BCUT2D eigenvalue weighted by molar-refractivity contribution is 1.02. The van der Waals surface area contributed by atoms with Gasteiger partial charge in [-0.1, -0.05) is 133 Å². The SMILES string of the molecule is c1ccc(-n2c3ccccc3c3cc(-c4nc(-n5c6ccccc6c6c7ccccc7c7c8ccccc8sc7c65)nc5ccc6ccccc6c45)ccc32)cc1. The van der Waals surface area contributed by atoms with Crippen LogP contribution >= 0.6 is 11.3 Å². The van der Waals surface area contributed by atoms with Gasteiger partial charge in [-0.3, -0.25) is 4.57 Å². The van der Waals surface area contributed by atoms with E-state index in [0.717, 1.165) is 49.8 Å². The number of nitrogens with zero attached hydrogens (tertiary/aromatic N) is 4. The smallest absolute Gasteiger partial charge is 0.235 e. The number of rotatable bonds is 3. The maximum atomic E-state index is 5.71. The minimum absolute atomic E-state index is 0.667. The maximum Gasteiger partial charge on any atom is 0.235 e. The Morgan fingerprint density at radius 3 is 1.86 bits per heavy atom. The molecule has 0 saturated heterocycles. The van der Waals surface area contributed by atoms with Crippen molar-refractivity contribution in [3.63, 3.8) is 0 Å². The van der Waals surface area contributed by atoms with Crippen LogP contribution in [0.3, 0.4) is 0 Å². The third-order valence-corrected chi connectivity index (χ3v) is 13.1. The molecule has 0 amide bonds. The monoisotopic (exact) mass is 742 g/mol. The van der Waals surface area contributed by atoms with Gasteiger partial charge < -0.3 is 4.57 Å². The molecule has 0 aliphatic heterocycles. The standard InChI is InChI=1S/C52H30N4S/c1-2-15-33(16-3-1)55-42-23-11-8-18-35(42)40-30-32(27-29-44(40)55)49-48-34-17-5-4-14-31(34)26-28-41(48)53-52(54-49)56-43-24-12-9-21-38(43)46-36-19-6-7-20-37(36)47-39-22-10-13-25-45(39)57-51(47)50(46)56/h1-30H. The Morgan fingerprint density at radius 1 is 0.404 bits per heavy atom. The van der Waals surface area contributed by atoms with E-state index in [2.05, 4.69) is 191 Å². The van der Waals surface area contributed by atoms with Crippen LogP contribution in [0.2, 0.25) is 0 Å². The number of aromatic nitrogens is 4. The van der Waals surface area contributed by atoms with E-state index < -0.39 is 0 Å². The zero-order valence-electron chi connectivity index (χ0n) is 30.5. The highest BCUT2D eigenvalue weighted by Gasteiger charge is 2.24. The summed E-state index contributed by atoms with van der Waals surface area (Å²) in [4.78, 5) is 11.2. The molecule has 9 aromatic carbocycles. The Balaban J connectivity index is 1.18. The first-order valence-corrected chi connectivity index (χ1v) is 20.2. The Hall–Kier alpha value is -7.34. The second-order valence-corrected chi connectivity index (χ2v) is 15.9. The van der Waals surface area contributed by atoms with Crippen LogP contribution in [0.1, 0.15) is 0 Å². The second-order valence-electron chi connectivity index (χ2n) is 14.9. The van der Waals surface area contributed by atoms with Gasteiger partial charge in [0, 0.05) is 53.7 Å². The summed E-state index contributed by atoms with van der Waals surface area (Å²) in [5.41, 5.74) is 8.62. The number of thiophene rings is 1. The van der Waals surface area contributed by atoms with Crippen molar-refractivity contribution in [2.45, 2.75) is 0 Å². The molecule has 0 atom stereocenters. The second kappa shape index (κ2) is 11.6. The van der Waals surface area contributed by atoms with Crippen LogP contribution in [0.15, 0.2) is 182 Å². The summed E-state index contributed by atoms with van der Waals surface area (Å²) >= 11 is 1.86. The van der Waals surface area contributed by atoms with Crippen LogP contribution in [0.4, 0.5) is 0 Å². The van der Waals surface area contributed by atoms with Gasteiger partial charge in [0.2, 0.25) is 5.95 Å². The first-order valence-electron chi connectivity index (χ1n) is 19.3. The van der Waals surface area contributed by atoms with Gasteiger partial charge in [0.05, 0.1) is 38.0 Å². The summed E-state index contributed by atoms with van der Waals surface area (Å²) in [6.07, 6.45) is 0. The summed E-state index contributed by atoms with van der Waals surface area (Å²) in [5.74, 6) is 0.667. The van der Waals surface area contributed by atoms with Crippen molar-refractivity contribution >= 4 is 108 Å². The van der Waals surface area contributed by atoms with E-state index >= 15 is 0 Å². The van der Waals surface area contributed by atoms with Crippen LogP contribution in [0.25, 0.3) is 119 Å². The molecule has 4 heterocycles. The molecule has 13 aromatic rings. The van der Waals surface area contributed by atoms with Gasteiger partial charge in [0.25, 0.3) is 0 Å². The van der Waals surface area contributed by atoms with Gasteiger partial charge >= 0.3 is 0 Å². The van der Waals surface area contributed by atoms with E-state index in [1.807, 2.05) is 11.3 Å². The van der Waals surface area contributed by atoms with Crippen molar-refractivity contribution < 1.29 is 0 Å². The van der Waals surface area contributed by atoms with Crippen LogP contribution in [0.5, 0.6) is 0 Å². The topological polar surface area (TPSA) is 35.6 Å². The minimum Gasteiger partial charge on any atom is -0.309 e. The largest absolute Gasteiger partial charge is 0.309 e. The average molecular weight is 743 g/mol. The van der Waals surface area contributed by atoms with Crippen molar-refractivity contribution in [1.29, 1.82) is 0 Å². The van der Waals surface area contributed by atoms with Gasteiger partial charge in [-0.2, -0.15) is 0 Å². The number of para-hydroxylation sites is 3. The van der Waals surface area contributed by atoms with E-state index in [9.17, 15) is 0 Å². The average Bonchev–Trinajstić information content (AvgIpc) is 3.95. The normalized spacial score (nSPS) is 12.2. The molecule has 0 saturated carbocycles. The maximum absolute atomic E-state index is 5.71. The number of benzene rings is 9. The lowest BCUT2D eigenvalue weighted by Gasteiger charge is -2.14. The molecule has 0 spiro atoms. The lowest BCUT2D eigenvalue weighted by Crippen LogP contribution is -2.04. The molecular weight excluding hydrogens is 713 g/mol. The van der Waals surface area contributed by atoms with Gasteiger partial charge in [-0.15, -0.1) is 11.3 Å². The molecule has 0 aliphatic carbocycles. The Labute approximate surface area is 330 Å². The lowest BCUT2D eigenvalue weighted by atomic mass is 9.99. The molecular formula is C52H30N4S. The number of fused-ring (bicyclic) bond motifs is 16. The molecule has 5 heteroatoms. The van der Waals surface area contributed by atoms with Crippen LogP contribution in [0, 0.1) is 0 Å². The molecule has 0 bridgehead atoms. The van der Waals surface area contributed by atoms with E-state index in [0.29, 0.717) is 5.95 Å². The molecule has 0 N–H and O–H groups in total. The molecule has 0 unspecified atom stereocenters. The highest BCUT2D eigenvalue weighted by atomic mass is 32.1. The van der Waals surface area contributed by atoms with E-state index in [1.165, 1.54) is 63.4 Å². The number of hydrogen-bond donors (Lipinski definition) is 0. The molecule has 4 aromatic heterocycles. The van der Waals surface area contributed by atoms with E-state index in [1.54, 1.807) is 0 Å². The Bertz CT molecular complexity index is 3810. The molecule has 13 rings (SSSR count). The summed E-state index contributed by atoms with van der Waals surface area (Å²) < 4.78 is 7.23. The number of hydrogen-bond acceptors (Lipinski definition) is 3. The van der Waals surface area contributed by atoms with Crippen molar-refractivity contribution in [3.8, 4) is 22.9 Å². The molecule has 0 fully saturated rings. The fourth-order valence-corrected chi connectivity index (χ4v) is 10.8. The van der Waals surface area contributed by atoms with Crippen molar-refractivity contribution in [3.05, 3.63) is 182 Å². The zero-order valence-corrected chi connectivity index (χ0v) is 31.3. The summed E-state index contributed by atoms with van der Waals surface area (Å²) in [7, 11) is 0. The zero-order chi connectivity index (χ0) is 37.2. The van der Waals surface area contributed by atoms with Crippen LogP contribution in [-0.2, 0) is 0 Å². The van der Waals surface area contributed by atoms with Crippen molar-refractivity contribution in [2.24, 2.45) is 0 Å². The van der Waals surface area contributed by atoms with Crippen LogP contribution in [-0.4, -0.2) is 19.1 Å². The quantitative estimate of drug-likeness (QED) is 0.169. The molecule has 264 valence electrons. The van der Waals surface area contributed by atoms with Gasteiger partial charge in [0.1, 0.15) is 0 Å². The van der Waals surface area contributed by atoms with Gasteiger partial charge in [-0.25, -0.2) is 9.97 Å². The molecule has 0 aliphatic rings. The van der Waals surface area contributed by atoms with Crippen molar-refractivity contribution in [1.82, 2.24) is 19.1 Å². The highest BCUT2D eigenvalue weighted by Crippen LogP contribution is 2.48. The Kier molecular flexibility index (Phi) is 6.29. The fourth-order valence-electron chi connectivity index (χ4n) is 9.51. The van der Waals surface area contributed by atoms with Gasteiger partial charge in [0.15, 0.2) is 0 Å². The highest BCUT2D eigenvalue weighted by molar-refractivity contribution is 7.27. The summed E-state index contributed by atoms with van der Waals surface area (Å²) in [5, 5.41) is 13.3. The fraction of sp³-hybridized carbons (Fsp3) is 0. The minimum atomic E-state index is 0.667. The molecule has 4 nitrogen and oxygen atoms in total. The first kappa shape index (κ1) is 30.9. The Morgan fingerprint density at radius 2 is 1.04 bits per heavy atom. The molecule has 0 radical (unpaired) electrons. The van der Waals surface area contributed by atoms with E-state index in [-0.39, 0.29) is 0 Å². The molecule has 57 heavy (non-hydrogen) atoms. The van der Waals surface area contributed by atoms with Crippen molar-refractivity contribution in [2.75, 3.05) is 0 Å². The predicted octanol–water partition coefficient (Wildman–Crippen LogP) is 14.2. The third kappa shape index (κ3) is 4.26. The third-order valence-electron chi connectivity index (χ3n) is 11.9. The summed E-state index contributed by atoms with van der Waals surface area (Å²) in [6, 6.07) is 65.6. The predicted molar refractivity (Wildman–Crippen MR) is 242 cm³/mol.